The summed E-state index contributed by atoms with van der Waals surface area (Å²) < 4.78 is 27.2. The van der Waals surface area contributed by atoms with Gasteiger partial charge in [-0.2, -0.15) is 4.31 Å². The summed E-state index contributed by atoms with van der Waals surface area (Å²) in [4.78, 5) is 17.4. The third kappa shape index (κ3) is 4.84. The van der Waals surface area contributed by atoms with Crippen molar-refractivity contribution >= 4 is 21.6 Å². The van der Waals surface area contributed by atoms with Gasteiger partial charge in [0.2, 0.25) is 15.9 Å². The molecule has 0 N–H and O–H groups in total. The number of sulfonamides is 1. The Bertz CT molecular complexity index is 1050. The van der Waals surface area contributed by atoms with E-state index in [4.69, 9.17) is 0 Å². The van der Waals surface area contributed by atoms with Crippen molar-refractivity contribution in [3.8, 4) is 0 Å². The van der Waals surface area contributed by atoms with Crippen LogP contribution in [0.5, 0.6) is 0 Å². The topological polar surface area (TPSA) is 60.9 Å². The van der Waals surface area contributed by atoms with Crippen LogP contribution in [0.3, 0.4) is 0 Å². The molecule has 4 rings (SSSR count). The first-order chi connectivity index (χ1) is 15.4. The molecule has 2 aliphatic rings. The Morgan fingerprint density at radius 2 is 1.50 bits per heavy atom. The third-order valence-corrected chi connectivity index (χ3v) is 8.69. The fourth-order valence-electron chi connectivity index (χ4n) is 4.59. The molecule has 2 heterocycles. The molecule has 6 nitrogen and oxygen atoms in total. The molecule has 2 fully saturated rings. The Morgan fingerprint density at radius 3 is 2.16 bits per heavy atom. The molecule has 172 valence electrons. The molecule has 0 aliphatic carbocycles. The van der Waals surface area contributed by atoms with Gasteiger partial charge in [0, 0.05) is 45.0 Å². The molecule has 7 heteroatoms. The number of carbonyl (C=O) groups excluding carboxylic acids is 1. The second kappa shape index (κ2) is 9.63. The first kappa shape index (κ1) is 22.8. The average Bonchev–Trinajstić information content (AvgIpc) is 2.82. The van der Waals surface area contributed by atoms with E-state index < -0.39 is 10.0 Å². The molecule has 0 unspecified atom stereocenters. The number of piperazine rings is 1. The van der Waals surface area contributed by atoms with Crippen molar-refractivity contribution in [2.24, 2.45) is 0 Å². The quantitative estimate of drug-likeness (QED) is 0.694. The Hall–Kier alpha value is -2.38. The lowest BCUT2D eigenvalue weighted by atomic mass is 10.1. The molecule has 2 aromatic rings. The first-order valence-corrected chi connectivity index (χ1v) is 13.0. The van der Waals surface area contributed by atoms with Crippen molar-refractivity contribution in [1.82, 2.24) is 9.21 Å². The molecule has 0 aromatic heterocycles. The minimum Gasteiger partial charge on any atom is -0.368 e. The molecular formula is C25H33N3O3S. The molecule has 0 saturated carbocycles. The summed E-state index contributed by atoms with van der Waals surface area (Å²) >= 11 is 0. The average molecular weight is 456 g/mol. The first-order valence-electron chi connectivity index (χ1n) is 11.5. The van der Waals surface area contributed by atoms with Gasteiger partial charge < -0.3 is 9.80 Å². The van der Waals surface area contributed by atoms with E-state index in [1.807, 2.05) is 4.90 Å². The van der Waals surface area contributed by atoms with Gasteiger partial charge in [0.25, 0.3) is 0 Å². The van der Waals surface area contributed by atoms with Crippen LogP contribution in [-0.2, 0) is 21.2 Å². The number of aryl methyl sites for hydroxylation is 1. The van der Waals surface area contributed by atoms with Crippen molar-refractivity contribution in [1.29, 1.82) is 0 Å². The lowest BCUT2D eigenvalue weighted by Gasteiger charge is -2.37. The molecule has 2 aliphatic heterocycles. The van der Waals surface area contributed by atoms with Crippen LogP contribution in [0.15, 0.2) is 47.4 Å². The fourth-order valence-corrected chi connectivity index (χ4v) is 6.11. The summed E-state index contributed by atoms with van der Waals surface area (Å²) in [5, 5.41) is 0. The zero-order valence-corrected chi connectivity index (χ0v) is 19.9. The summed E-state index contributed by atoms with van der Waals surface area (Å²) in [5.41, 5.74) is 4.69. The summed E-state index contributed by atoms with van der Waals surface area (Å²) in [6, 6.07) is 13.2. The second-order valence-electron chi connectivity index (χ2n) is 8.87. The van der Waals surface area contributed by atoms with E-state index in [-0.39, 0.29) is 5.91 Å². The lowest BCUT2D eigenvalue weighted by molar-refractivity contribution is -0.130. The number of hydrogen-bond acceptors (Lipinski definition) is 4. The van der Waals surface area contributed by atoms with Gasteiger partial charge in [-0.1, -0.05) is 30.7 Å². The molecule has 2 aromatic carbocycles. The standard InChI is InChI=1S/C25H33N3O3S/c1-20-7-6-8-24(21(20)2)26-15-17-27(18-16-26)25(29)19-22-9-11-23(12-10-22)32(30,31)28-13-4-3-5-14-28/h6-12H,3-5,13-19H2,1-2H3. The number of anilines is 1. The van der Waals surface area contributed by atoms with Gasteiger partial charge in [-0.3, -0.25) is 4.79 Å². The van der Waals surface area contributed by atoms with Crippen molar-refractivity contribution in [2.45, 2.75) is 44.4 Å². The normalized spacial score (nSPS) is 18.1. The van der Waals surface area contributed by atoms with E-state index in [2.05, 4.69) is 36.9 Å². The maximum atomic E-state index is 12.8. The highest BCUT2D eigenvalue weighted by Crippen LogP contribution is 2.24. The van der Waals surface area contributed by atoms with E-state index in [9.17, 15) is 13.2 Å². The summed E-state index contributed by atoms with van der Waals surface area (Å²) in [7, 11) is -3.43. The maximum absolute atomic E-state index is 12.8. The summed E-state index contributed by atoms with van der Waals surface area (Å²) in [6.07, 6.45) is 3.23. The molecule has 0 bridgehead atoms. The van der Waals surface area contributed by atoms with Crippen LogP contribution in [0.2, 0.25) is 0 Å². The molecular weight excluding hydrogens is 422 g/mol. The molecule has 2 saturated heterocycles. The minimum absolute atomic E-state index is 0.0947. The summed E-state index contributed by atoms with van der Waals surface area (Å²) in [6.45, 7) is 8.51. The van der Waals surface area contributed by atoms with E-state index in [1.165, 1.54) is 16.8 Å². The minimum atomic E-state index is -3.43. The van der Waals surface area contributed by atoms with E-state index in [1.54, 1.807) is 28.6 Å². The van der Waals surface area contributed by atoms with Crippen LogP contribution >= 0.6 is 0 Å². The highest BCUT2D eigenvalue weighted by molar-refractivity contribution is 7.89. The Kier molecular flexibility index (Phi) is 6.86. The van der Waals surface area contributed by atoms with E-state index in [0.717, 1.165) is 37.9 Å². The Labute approximate surface area is 191 Å². The Balaban J connectivity index is 1.34. The predicted octanol–water partition coefficient (Wildman–Crippen LogP) is 3.37. The number of hydrogen-bond donors (Lipinski definition) is 0. The molecule has 0 spiro atoms. The number of benzene rings is 2. The smallest absolute Gasteiger partial charge is 0.243 e. The largest absolute Gasteiger partial charge is 0.368 e. The van der Waals surface area contributed by atoms with Crippen LogP contribution in [0.1, 0.15) is 36.0 Å². The van der Waals surface area contributed by atoms with Crippen molar-refractivity contribution in [2.75, 3.05) is 44.2 Å². The Morgan fingerprint density at radius 1 is 0.844 bits per heavy atom. The van der Waals surface area contributed by atoms with Crippen LogP contribution in [0.4, 0.5) is 5.69 Å². The molecule has 1 amide bonds. The lowest BCUT2D eigenvalue weighted by Crippen LogP contribution is -2.49. The predicted molar refractivity (Wildman–Crippen MR) is 127 cm³/mol. The van der Waals surface area contributed by atoms with Crippen LogP contribution < -0.4 is 4.90 Å². The van der Waals surface area contributed by atoms with E-state index >= 15 is 0 Å². The zero-order chi connectivity index (χ0) is 22.7. The van der Waals surface area contributed by atoms with Crippen molar-refractivity contribution < 1.29 is 13.2 Å². The van der Waals surface area contributed by atoms with Gasteiger partial charge in [0.1, 0.15) is 0 Å². The van der Waals surface area contributed by atoms with Gasteiger partial charge in [-0.15, -0.1) is 0 Å². The summed E-state index contributed by atoms with van der Waals surface area (Å²) in [5.74, 6) is 0.0947. The number of nitrogens with zero attached hydrogens (tertiary/aromatic N) is 3. The second-order valence-corrected chi connectivity index (χ2v) is 10.8. The van der Waals surface area contributed by atoms with Crippen LogP contribution in [0, 0.1) is 13.8 Å². The highest BCUT2D eigenvalue weighted by Gasteiger charge is 2.26. The maximum Gasteiger partial charge on any atom is 0.243 e. The molecule has 32 heavy (non-hydrogen) atoms. The highest BCUT2D eigenvalue weighted by atomic mass is 32.2. The molecule has 0 atom stereocenters. The zero-order valence-electron chi connectivity index (χ0n) is 19.1. The van der Waals surface area contributed by atoms with Gasteiger partial charge in [0.05, 0.1) is 11.3 Å². The van der Waals surface area contributed by atoms with Gasteiger partial charge in [-0.05, 0) is 61.6 Å². The van der Waals surface area contributed by atoms with Gasteiger partial charge in [0.15, 0.2) is 0 Å². The van der Waals surface area contributed by atoms with E-state index in [0.29, 0.717) is 37.5 Å². The number of rotatable bonds is 5. The number of amides is 1. The monoisotopic (exact) mass is 455 g/mol. The van der Waals surface area contributed by atoms with Crippen LogP contribution in [0.25, 0.3) is 0 Å². The number of piperidine rings is 1. The van der Waals surface area contributed by atoms with Crippen LogP contribution in [-0.4, -0.2) is 62.8 Å². The van der Waals surface area contributed by atoms with Gasteiger partial charge >= 0.3 is 0 Å². The SMILES string of the molecule is Cc1cccc(N2CCN(C(=O)Cc3ccc(S(=O)(=O)N4CCCCC4)cc3)CC2)c1C. The third-order valence-electron chi connectivity index (χ3n) is 6.78. The van der Waals surface area contributed by atoms with Gasteiger partial charge in [-0.25, -0.2) is 8.42 Å². The van der Waals surface area contributed by atoms with Crippen molar-refractivity contribution in [3.63, 3.8) is 0 Å². The van der Waals surface area contributed by atoms with Crippen molar-refractivity contribution in [3.05, 3.63) is 59.2 Å². The number of carbonyl (C=O) groups is 1. The molecule has 0 radical (unpaired) electrons. The fraction of sp³-hybridized carbons (Fsp3) is 0.480.